The van der Waals surface area contributed by atoms with Crippen molar-refractivity contribution in [3.63, 3.8) is 0 Å². The summed E-state index contributed by atoms with van der Waals surface area (Å²) >= 11 is 1.53. The van der Waals surface area contributed by atoms with Crippen LogP contribution in [0.25, 0.3) is 0 Å². The van der Waals surface area contributed by atoms with Gasteiger partial charge in [0.1, 0.15) is 24.6 Å². The Morgan fingerprint density at radius 2 is 2.03 bits per heavy atom. The molecular formula is C21H24N2O5S. The minimum atomic E-state index is -1.09. The lowest BCUT2D eigenvalue weighted by Gasteiger charge is -2.30. The normalized spacial score (nSPS) is 22.3. The van der Waals surface area contributed by atoms with Crippen LogP contribution in [0.4, 0.5) is 0 Å². The van der Waals surface area contributed by atoms with Crippen LogP contribution in [-0.2, 0) is 20.1 Å². The van der Waals surface area contributed by atoms with Gasteiger partial charge in [-0.25, -0.2) is 0 Å². The average molecular weight is 416 g/mol. The molecule has 154 valence electrons. The summed E-state index contributed by atoms with van der Waals surface area (Å²) in [7, 11) is 0. The molecule has 2 aromatic rings. The number of ketones is 1. The molecule has 29 heavy (non-hydrogen) atoms. The van der Waals surface area contributed by atoms with Crippen molar-refractivity contribution in [1.29, 1.82) is 0 Å². The second-order valence-electron chi connectivity index (χ2n) is 7.11. The molecule has 1 aliphatic heterocycles. The summed E-state index contributed by atoms with van der Waals surface area (Å²) in [6, 6.07) is 10.6. The fourth-order valence-corrected chi connectivity index (χ4v) is 3.96. The molecule has 2 N–H and O–H groups in total. The van der Waals surface area contributed by atoms with Crippen LogP contribution in [0.1, 0.15) is 29.8 Å². The third kappa shape index (κ3) is 5.27. The molecular weight excluding hydrogens is 392 g/mol. The molecule has 1 aromatic carbocycles. The highest BCUT2D eigenvalue weighted by molar-refractivity contribution is 7.98. The van der Waals surface area contributed by atoms with Crippen LogP contribution in [0.3, 0.4) is 0 Å². The van der Waals surface area contributed by atoms with Gasteiger partial charge in [0.05, 0.1) is 17.7 Å². The summed E-state index contributed by atoms with van der Waals surface area (Å²) < 4.78 is 10.5. The van der Waals surface area contributed by atoms with E-state index in [4.69, 9.17) is 9.15 Å². The van der Waals surface area contributed by atoms with E-state index in [0.29, 0.717) is 17.1 Å². The van der Waals surface area contributed by atoms with Gasteiger partial charge in [0.2, 0.25) is 5.91 Å². The molecule has 0 radical (unpaired) electrons. The summed E-state index contributed by atoms with van der Waals surface area (Å²) in [5, 5.41) is 5.55. The zero-order valence-electron chi connectivity index (χ0n) is 16.3. The van der Waals surface area contributed by atoms with Gasteiger partial charge in [-0.15, -0.1) is 0 Å². The first-order valence-corrected chi connectivity index (χ1v) is 10.5. The quantitative estimate of drug-likeness (QED) is 0.686. The number of nitrogens with one attached hydrogen (secondary N) is 2. The lowest BCUT2D eigenvalue weighted by Crippen LogP contribution is -2.57. The van der Waals surface area contributed by atoms with Crippen molar-refractivity contribution in [3.8, 4) is 0 Å². The summed E-state index contributed by atoms with van der Waals surface area (Å²) in [4.78, 5) is 37.2. The van der Waals surface area contributed by atoms with Crippen LogP contribution in [0.2, 0.25) is 0 Å². The standard InChI is InChI=1S/C21H24N2O5S/c1-14-18(24)11-28-21(14,2)23-20(26)17(22-19(25)16-8-9-27-10-16)13-29-12-15-6-4-3-5-7-15/h3-10,14,17H,11-13H2,1-2H3,(H,22,25)(H,23,26). The molecule has 3 atom stereocenters. The highest BCUT2D eigenvalue weighted by Crippen LogP contribution is 2.26. The number of benzene rings is 1. The maximum absolute atomic E-state index is 13.0. The van der Waals surface area contributed by atoms with Gasteiger partial charge in [-0.3, -0.25) is 14.4 Å². The second-order valence-corrected chi connectivity index (χ2v) is 8.14. The van der Waals surface area contributed by atoms with Gasteiger partial charge in [-0.1, -0.05) is 37.3 Å². The number of hydrogen-bond donors (Lipinski definition) is 2. The van der Waals surface area contributed by atoms with E-state index in [-0.39, 0.29) is 12.4 Å². The Kier molecular flexibility index (Phi) is 6.76. The Bertz CT molecular complexity index is 855. The maximum atomic E-state index is 13.0. The Balaban J connectivity index is 1.66. The molecule has 1 fully saturated rings. The highest BCUT2D eigenvalue weighted by Gasteiger charge is 2.45. The van der Waals surface area contributed by atoms with Crippen molar-refractivity contribution in [2.45, 2.75) is 31.4 Å². The molecule has 1 saturated heterocycles. The van der Waals surface area contributed by atoms with Crippen molar-refractivity contribution >= 4 is 29.4 Å². The lowest BCUT2D eigenvalue weighted by atomic mass is 9.97. The van der Waals surface area contributed by atoms with Crippen molar-refractivity contribution < 1.29 is 23.5 Å². The van der Waals surface area contributed by atoms with Crippen LogP contribution in [0.15, 0.2) is 53.3 Å². The van der Waals surface area contributed by atoms with E-state index in [1.54, 1.807) is 13.8 Å². The summed E-state index contributed by atoms with van der Waals surface area (Å²) in [5.74, 6) is -0.261. The molecule has 3 rings (SSSR count). The number of Topliss-reactive ketones (excluding diaryl/α,β-unsaturated/α-hetero) is 1. The monoisotopic (exact) mass is 416 g/mol. The van der Waals surface area contributed by atoms with E-state index in [1.807, 2.05) is 30.3 Å². The molecule has 1 aromatic heterocycles. The zero-order valence-corrected chi connectivity index (χ0v) is 17.2. The minimum Gasteiger partial charge on any atom is -0.472 e. The van der Waals surface area contributed by atoms with E-state index < -0.39 is 29.5 Å². The van der Waals surface area contributed by atoms with Gasteiger partial charge >= 0.3 is 0 Å². The van der Waals surface area contributed by atoms with Crippen LogP contribution in [0.5, 0.6) is 0 Å². The summed E-state index contributed by atoms with van der Waals surface area (Å²) in [6.45, 7) is 3.36. The molecule has 0 saturated carbocycles. The molecule has 0 bridgehead atoms. The Labute approximate surface area is 173 Å². The second kappa shape index (κ2) is 9.28. The molecule has 2 heterocycles. The zero-order chi connectivity index (χ0) is 20.9. The average Bonchev–Trinajstić information content (AvgIpc) is 3.33. The number of carbonyl (C=O) groups is 3. The molecule has 0 spiro atoms. The van der Waals surface area contributed by atoms with Crippen LogP contribution in [-0.4, -0.2) is 41.7 Å². The van der Waals surface area contributed by atoms with Crippen LogP contribution in [0, 0.1) is 5.92 Å². The number of thioether (sulfide) groups is 1. The molecule has 3 unspecified atom stereocenters. The predicted molar refractivity (Wildman–Crippen MR) is 109 cm³/mol. The van der Waals surface area contributed by atoms with Crippen molar-refractivity contribution in [3.05, 3.63) is 60.1 Å². The Morgan fingerprint density at radius 3 is 2.66 bits per heavy atom. The SMILES string of the molecule is CC1C(=O)COC1(C)NC(=O)C(CSCc1ccccc1)NC(=O)c1ccoc1. The Hall–Kier alpha value is -2.58. The first kappa shape index (κ1) is 21.1. The largest absolute Gasteiger partial charge is 0.472 e. The first-order valence-electron chi connectivity index (χ1n) is 9.32. The van der Waals surface area contributed by atoms with Crippen molar-refractivity contribution in [2.24, 2.45) is 5.92 Å². The molecule has 0 aliphatic carbocycles. The topological polar surface area (TPSA) is 97.6 Å². The van der Waals surface area contributed by atoms with Gasteiger partial charge < -0.3 is 19.8 Å². The van der Waals surface area contributed by atoms with E-state index >= 15 is 0 Å². The summed E-state index contributed by atoms with van der Waals surface area (Å²) in [5.41, 5.74) is 0.377. The number of hydrogen-bond acceptors (Lipinski definition) is 6. The third-order valence-corrected chi connectivity index (χ3v) is 6.10. The van der Waals surface area contributed by atoms with E-state index in [0.717, 1.165) is 5.56 Å². The van der Waals surface area contributed by atoms with E-state index in [9.17, 15) is 14.4 Å². The predicted octanol–water partition coefficient (Wildman–Crippen LogP) is 2.38. The highest BCUT2D eigenvalue weighted by atomic mass is 32.2. The lowest BCUT2D eigenvalue weighted by molar-refractivity contribution is -0.132. The number of furan rings is 1. The van der Waals surface area contributed by atoms with Gasteiger partial charge in [0.15, 0.2) is 5.78 Å². The van der Waals surface area contributed by atoms with Crippen molar-refractivity contribution in [2.75, 3.05) is 12.4 Å². The van der Waals surface area contributed by atoms with E-state index in [1.165, 1.54) is 30.4 Å². The maximum Gasteiger partial charge on any atom is 0.255 e. The number of ether oxygens (including phenoxy) is 1. The van der Waals surface area contributed by atoms with Crippen LogP contribution >= 0.6 is 11.8 Å². The van der Waals surface area contributed by atoms with E-state index in [2.05, 4.69) is 10.6 Å². The fourth-order valence-electron chi connectivity index (χ4n) is 2.94. The van der Waals surface area contributed by atoms with Crippen LogP contribution < -0.4 is 10.6 Å². The van der Waals surface area contributed by atoms with Gasteiger partial charge in [-0.05, 0) is 18.6 Å². The van der Waals surface area contributed by atoms with Gasteiger partial charge in [-0.2, -0.15) is 11.8 Å². The number of rotatable bonds is 8. The number of carbonyl (C=O) groups excluding carboxylic acids is 3. The minimum absolute atomic E-state index is 0.0350. The smallest absolute Gasteiger partial charge is 0.255 e. The third-order valence-electron chi connectivity index (χ3n) is 5.00. The fraction of sp³-hybridized carbons (Fsp3) is 0.381. The molecule has 1 aliphatic rings. The number of amides is 2. The molecule has 8 heteroatoms. The Morgan fingerprint density at radius 1 is 1.28 bits per heavy atom. The molecule has 2 amide bonds. The van der Waals surface area contributed by atoms with Gasteiger partial charge in [0, 0.05) is 11.5 Å². The summed E-state index contributed by atoms with van der Waals surface area (Å²) in [6.07, 6.45) is 2.72. The first-order chi connectivity index (χ1) is 13.9. The van der Waals surface area contributed by atoms with Crippen molar-refractivity contribution in [1.82, 2.24) is 10.6 Å². The van der Waals surface area contributed by atoms with Gasteiger partial charge in [0.25, 0.3) is 5.91 Å². The molecule has 7 nitrogen and oxygen atoms in total.